The van der Waals surface area contributed by atoms with Crippen LogP contribution in [-0.2, 0) is 0 Å². The van der Waals surface area contributed by atoms with Crippen molar-refractivity contribution in [3.05, 3.63) is 29.8 Å². The van der Waals surface area contributed by atoms with E-state index in [4.69, 9.17) is 0 Å². The molecular formula is C15H23N. The van der Waals surface area contributed by atoms with Gasteiger partial charge in [-0.25, -0.2) is 0 Å². The van der Waals surface area contributed by atoms with Crippen LogP contribution in [-0.4, -0.2) is 6.04 Å². The number of hydrogen-bond acceptors (Lipinski definition) is 1. The van der Waals surface area contributed by atoms with E-state index in [-0.39, 0.29) is 0 Å². The molecule has 1 aliphatic carbocycles. The SMILES string of the molecule is Cc1ccccc1NC1CCCC(C)(C)C1. The molecule has 0 saturated heterocycles. The number of rotatable bonds is 2. The molecule has 1 nitrogen and oxygen atoms in total. The van der Waals surface area contributed by atoms with Crippen molar-refractivity contribution in [1.29, 1.82) is 0 Å². The highest BCUT2D eigenvalue weighted by atomic mass is 14.9. The normalized spacial score (nSPS) is 24.1. The molecule has 0 radical (unpaired) electrons. The summed E-state index contributed by atoms with van der Waals surface area (Å²) in [6.07, 6.45) is 5.34. The van der Waals surface area contributed by atoms with Gasteiger partial charge in [-0.3, -0.25) is 0 Å². The smallest absolute Gasteiger partial charge is 0.0372 e. The molecule has 0 amide bonds. The molecule has 0 bridgehead atoms. The van der Waals surface area contributed by atoms with Gasteiger partial charge in [0.05, 0.1) is 0 Å². The van der Waals surface area contributed by atoms with Gasteiger partial charge in [-0.15, -0.1) is 0 Å². The average Bonchev–Trinajstić information content (AvgIpc) is 2.20. The zero-order valence-corrected chi connectivity index (χ0v) is 10.7. The molecule has 1 unspecified atom stereocenters. The first kappa shape index (κ1) is 11.5. The summed E-state index contributed by atoms with van der Waals surface area (Å²) in [5.74, 6) is 0. The molecule has 0 spiro atoms. The van der Waals surface area contributed by atoms with Crippen molar-refractivity contribution in [2.45, 2.75) is 52.5 Å². The number of aryl methyl sites for hydroxylation is 1. The topological polar surface area (TPSA) is 12.0 Å². The van der Waals surface area contributed by atoms with Gasteiger partial charge in [-0.1, -0.05) is 38.5 Å². The molecule has 1 aromatic carbocycles. The van der Waals surface area contributed by atoms with E-state index in [1.807, 2.05) is 0 Å². The van der Waals surface area contributed by atoms with Gasteiger partial charge in [0, 0.05) is 11.7 Å². The lowest BCUT2D eigenvalue weighted by Gasteiger charge is -2.36. The average molecular weight is 217 g/mol. The largest absolute Gasteiger partial charge is 0.382 e. The van der Waals surface area contributed by atoms with E-state index >= 15 is 0 Å². The van der Waals surface area contributed by atoms with E-state index in [0.717, 1.165) is 0 Å². The monoisotopic (exact) mass is 217 g/mol. The molecule has 0 aromatic heterocycles. The summed E-state index contributed by atoms with van der Waals surface area (Å²) in [5.41, 5.74) is 3.18. The summed E-state index contributed by atoms with van der Waals surface area (Å²) in [5, 5.41) is 3.70. The molecule has 1 saturated carbocycles. The van der Waals surface area contributed by atoms with Crippen molar-refractivity contribution in [3.63, 3.8) is 0 Å². The van der Waals surface area contributed by atoms with Gasteiger partial charge in [0.25, 0.3) is 0 Å². The molecule has 0 aliphatic heterocycles. The Kier molecular flexibility index (Phi) is 3.22. The molecule has 2 rings (SSSR count). The van der Waals surface area contributed by atoms with Crippen LogP contribution in [0.4, 0.5) is 5.69 Å². The third-order valence-electron chi connectivity index (χ3n) is 3.71. The number of anilines is 1. The maximum atomic E-state index is 3.70. The quantitative estimate of drug-likeness (QED) is 0.775. The molecule has 1 aliphatic rings. The fourth-order valence-electron chi connectivity index (χ4n) is 2.78. The molecule has 1 atom stereocenters. The Morgan fingerprint density at radius 3 is 2.69 bits per heavy atom. The maximum absolute atomic E-state index is 3.70. The third-order valence-corrected chi connectivity index (χ3v) is 3.71. The van der Waals surface area contributed by atoms with Crippen LogP contribution in [0.5, 0.6) is 0 Å². The van der Waals surface area contributed by atoms with Gasteiger partial charge < -0.3 is 5.32 Å². The Hall–Kier alpha value is -0.980. The Balaban J connectivity index is 2.02. The van der Waals surface area contributed by atoms with Crippen LogP contribution in [0, 0.1) is 12.3 Å². The van der Waals surface area contributed by atoms with Crippen LogP contribution in [0.2, 0.25) is 0 Å². The van der Waals surface area contributed by atoms with Crippen LogP contribution in [0.15, 0.2) is 24.3 Å². The first-order valence-corrected chi connectivity index (χ1v) is 6.39. The minimum absolute atomic E-state index is 0.513. The molecule has 1 N–H and O–H groups in total. The molecule has 1 heteroatoms. The molecule has 1 aromatic rings. The Morgan fingerprint density at radius 2 is 2.00 bits per heavy atom. The molecule has 16 heavy (non-hydrogen) atoms. The standard InChI is InChI=1S/C15H23N/c1-12-7-4-5-9-14(12)16-13-8-6-10-15(2,3)11-13/h4-5,7,9,13,16H,6,8,10-11H2,1-3H3. The van der Waals surface area contributed by atoms with E-state index in [1.54, 1.807) is 0 Å². The first-order chi connectivity index (χ1) is 7.57. The van der Waals surface area contributed by atoms with E-state index < -0.39 is 0 Å². The van der Waals surface area contributed by atoms with Crippen molar-refractivity contribution in [1.82, 2.24) is 0 Å². The fraction of sp³-hybridized carbons (Fsp3) is 0.600. The lowest BCUT2D eigenvalue weighted by Crippen LogP contribution is -2.31. The van der Waals surface area contributed by atoms with E-state index in [1.165, 1.54) is 36.9 Å². The Labute approximate surface area is 99.3 Å². The second kappa shape index (κ2) is 4.48. The summed E-state index contributed by atoms with van der Waals surface area (Å²) in [7, 11) is 0. The fourth-order valence-corrected chi connectivity index (χ4v) is 2.78. The number of nitrogens with one attached hydrogen (secondary N) is 1. The number of benzene rings is 1. The van der Waals surface area contributed by atoms with Crippen LogP contribution in [0.25, 0.3) is 0 Å². The molecule has 88 valence electrons. The predicted octanol–water partition coefficient (Wildman–Crippen LogP) is 4.38. The van der Waals surface area contributed by atoms with Crippen LogP contribution >= 0.6 is 0 Å². The van der Waals surface area contributed by atoms with Crippen molar-refractivity contribution in [2.24, 2.45) is 5.41 Å². The zero-order chi connectivity index (χ0) is 11.6. The van der Waals surface area contributed by atoms with Crippen molar-refractivity contribution in [2.75, 3.05) is 5.32 Å². The third kappa shape index (κ3) is 2.78. The maximum Gasteiger partial charge on any atom is 0.0372 e. The summed E-state index contributed by atoms with van der Waals surface area (Å²) in [4.78, 5) is 0. The first-order valence-electron chi connectivity index (χ1n) is 6.39. The zero-order valence-electron chi connectivity index (χ0n) is 10.7. The summed E-state index contributed by atoms with van der Waals surface area (Å²) < 4.78 is 0. The molecule has 0 heterocycles. The highest BCUT2D eigenvalue weighted by molar-refractivity contribution is 5.50. The van der Waals surface area contributed by atoms with E-state index in [9.17, 15) is 0 Å². The lowest BCUT2D eigenvalue weighted by molar-refractivity contribution is 0.229. The molecular weight excluding hydrogens is 194 g/mol. The molecule has 1 fully saturated rings. The van der Waals surface area contributed by atoms with Crippen LogP contribution in [0.3, 0.4) is 0 Å². The van der Waals surface area contributed by atoms with Gasteiger partial charge in [0.15, 0.2) is 0 Å². The van der Waals surface area contributed by atoms with Gasteiger partial charge in [0.2, 0.25) is 0 Å². The summed E-state index contributed by atoms with van der Waals surface area (Å²) in [6.45, 7) is 6.95. The highest BCUT2D eigenvalue weighted by Crippen LogP contribution is 2.36. The number of para-hydroxylation sites is 1. The minimum Gasteiger partial charge on any atom is -0.382 e. The minimum atomic E-state index is 0.513. The lowest BCUT2D eigenvalue weighted by atomic mass is 9.75. The van der Waals surface area contributed by atoms with Crippen molar-refractivity contribution in [3.8, 4) is 0 Å². The van der Waals surface area contributed by atoms with Gasteiger partial charge in [-0.05, 0) is 43.2 Å². The Bertz CT molecular complexity index is 354. The predicted molar refractivity (Wildman–Crippen MR) is 70.8 cm³/mol. The van der Waals surface area contributed by atoms with Crippen LogP contribution < -0.4 is 5.32 Å². The summed E-state index contributed by atoms with van der Waals surface area (Å²) in [6, 6.07) is 9.24. The van der Waals surface area contributed by atoms with Gasteiger partial charge in [-0.2, -0.15) is 0 Å². The number of hydrogen-bond donors (Lipinski definition) is 1. The summed E-state index contributed by atoms with van der Waals surface area (Å²) >= 11 is 0. The highest BCUT2D eigenvalue weighted by Gasteiger charge is 2.27. The van der Waals surface area contributed by atoms with Gasteiger partial charge in [0.1, 0.15) is 0 Å². The van der Waals surface area contributed by atoms with Gasteiger partial charge >= 0.3 is 0 Å². The van der Waals surface area contributed by atoms with E-state index in [2.05, 4.69) is 50.4 Å². The second-order valence-electron chi connectivity index (χ2n) is 5.92. The second-order valence-corrected chi connectivity index (χ2v) is 5.92. The van der Waals surface area contributed by atoms with Crippen molar-refractivity contribution < 1.29 is 0 Å². The van der Waals surface area contributed by atoms with Crippen LogP contribution in [0.1, 0.15) is 45.1 Å². The van der Waals surface area contributed by atoms with E-state index in [0.29, 0.717) is 11.5 Å². The van der Waals surface area contributed by atoms with Crippen molar-refractivity contribution >= 4 is 5.69 Å². The Morgan fingerprint density at radius 1 is 1.25 bits per heavy atom.